The summed E-state index contributed by atoms with van der Waals surface area (Å²) in [6.07, 6.45) is -2.74. The van der Waals surface area contributed by atoms with Crippen molar-refractivity contribution in [2.75, 3.05) is 11.6 Å². The number of thiazole rings is 1. The predicted octanol–water partition coefficient (Wildman–Crippen LogP) is 6.11. The van der Waals surface area contributed by atoms with E-state index in [1.54, 1.807) is 23.9 Å². The number of carbonyl (C=O) groups is 1. The van der Waals surface area contributed by atoms with E-state index in [1.807, 2.05) is 42.7 Å². The normalized spacial score (nSPS) is 11.4. The summed E-state index contributed by atoms with van der Waals surface area (Å²) in [5.74, 6) is -0.818. The van der Waals surface area contributed by atoms with E-state index in [4.69, 9.17) is 0 Å². The highest BCUT2D eigenvalue weighted by Crippen LogP contribution is 2.37. The van der Waals surface area contributed by atoms with Gasteiger partial charge in [-0.2, -0.15) is 13.2 Å². The molecule has 3 rings (SSSR count). The summed E-state index contributed by atoms with van der Waals surface area (Å²) < 4.78 is 39.5. The van der Waals surface area contributed by atoms with Crippen molar-refractivity contribution in [3.05, 3.63) is 64.1 Å². The third kappa shape index (κ3) is 4.17. The van der Waals surface area contributed by atoms with Gasteiger partial charge in [0, 0.05) is 16.1 Å². The second-order valence-corrected chi connectivity index (χ2v) is 7.66. The maximum Gasteiger partial charge on any atom is 0.435 e. The average molecular weight is 408 g/mol. The standard InChI is InChI=1S/C19H15F3N2OS2/c1-11-23-17(19(20,21)22)16(27-11)18(25)24-14-9-5-3-7-12(14)13-8-4-6-10-15(13)26-2/h3-10H,1-2H3,(H,24,25). The Labute approximate surface area is 162 Å². The SMILES string of the molecule is CSc1ccccc1-c1ccccc1NC(=O)c1sc(C)nc1C(F)(F)F. The van der Waals surface area contributed by atoms with E-state index < -0.39 is 22.7 Å². The summed E-state index contributed by atoms with van der Waals surface area (Å²) >= 11 is 2.28. The minimum Gasteiger partial charge on any atom is -0.321 e. The fourth-order valence-corrected chi connectivity index (χ4v) is 4.09. The number of amides is 1. The number of anilines is 1. The number of thioether (sulfide) groups is 1. The fraction of sp³-hybridized carbons (Fsp3) is 0.158. The zero-order valence-electron chi connectivity index (χ0n) is 14.4. The molecule has 0 unspecified atom stereocenters. The largest absolute Gasteiger partial charge is 0.435 e. The van der Waals surface area contributed by atoms with Crippen LogP contribution in [0.5, 0.6) is 0 Å². The van der Waals surface area contributed by atoms with Crippen molar-refractivity contribution < 1.29 is 18.0 Å². The molecule has 1 heterocycles. The lowest BCUT2D eigenvalue weighted by Crippen LogP contribution is -2.17. The van der Waals surface area contributed by atoms with Crippen LogP contribution in [-0.2, 0) is 6.18 Å². The summed E-state index contributed by atoms with van der Waals surface area (Å²) in [7, 11) is 0. The molecule has 0 radical (unpaired) electrons. The second-order valence-electron chi connectivity index (χ2n) is 5.61. The van der Waals surface area contributed by atoms with Crippen molar-refractivity contribution in [1.82, 2.24) is 4.98 Å². The maximum absolute atomic E-state index is 13.2. The van der Waals surface area contributed by atoms with Crippen LogP contribution in [0.25, 0.3) is 11.1 Å². The first-order valence-corrected chi connectivity index (χ1v) is 9.93. The molecule has 0 bridgehead atoms. The molecule has 0 saturated heterocycles. The second kappa shape index (κ2) is 7.74. The first-order valence-electron chi connectivity index (χ1n) is 7.89. The Bertz CT molecular complexity index is 983. The van der Waals surface area contributed by atoms with Crippen LogP contribution < -0.4 is 5.32 Å². The van der Waals surface area contributed by atoms with Crippen LogP contribution in [-0.4, -0.2) is 17.1 Å². The Hall–Kier alpha value is -2.32. The zero-order valence-corrected chi connectivity index (χ0v) is 16.1. The lowest BCUT2D eigenvalue weighted by atomic mass is 10.0. The van der Waals surface area contributed by atoms with E-state index >= 15 is 0 Å². The molecule has 0 aliphatic carbocycles. The monoisotopic (exact) mass is 408 g/mol. The summed E-state index contributed by atoms with van der Waals surface area (Å²) in [6, 6.07) is 14.7. The Morgan fingerprint density at radius 3 is 2.37 bits per heavy atom. The number of rotatable bonds is 4. The summed E-state index contributed by atoms with van der Waals surface area (Å²) in [5, 5.41) is 2.81. The Kier molecular flexibility index (Phi) is 5.57. The quantitative estimate of drug-likeness (QED) is 0.530. The van der Waals surface area contributed by atoms with Crippen molar-refractivity contribution in [3.63, 3.8) is 0 Å². The smallest absolute Gasteiger partial charge is 0.321 e. The summed E-state index contributed by atoms with van der Waals surface area (Å²) in [6.45, 7) is 1.44. The molecule has 1 N–H and O–H groups in total. The fourth-order valence-electron chi connectivity index (χ4n) is 2.65. The van der Waals surface area contributed by atoms with E-state index in [-0.39, 0.29) is 5.01 Å². The van der Waals surface area contributed by atoms with Crippen molar-refractivity contribution in [3.8, 4) is 11.1 Å². The minimum absolute atomic E-state index is 0.188. The number of halogens is 3. The molecule has 1 aromatic heterocycles. The molecule has 0 aliphatic heterocycles. The number of nitrogens with zero attached hydrogens (tertiary/aromatic N) is 1. The number of hydrogen-bond donors (Lipinski definition) is 1. The van der Waals surface area contributed by atoms with Gasteiger partial charge in [-0.05, 0) is 30.9 Å². The minimum atomic E-state index is -4.68. The molecule has 1 amide bonds. The van der Waals surface area contributed by atoms with Crippen molar-refractivity contribution in [2.24, 2.45) is 0 Å². The molecule has 3 aromatic rings. The molecule has 140 valence electrons. The van der Waals surface area contributed by atoms with Crippen LogP contribution in [0.3, 0.4) is 0 Å². The van der Waals surface area contributed by atoms with E-state index in [9.17, 15) is 18.0 Å². The summed E-state index contributed by atoms with van der Waals surface area (Å²) in [5.41, 5.74) is 0.940. The third-order valence-corrected chi connectivity index (χ3v) is 5.55. The van der Waals surface area contributed by atoms with Gasteiger partial charge in [-0.25, -0.2) is 4.98 Å². The van der Waals surface area contributed by atoms with Gasteiger partial charge in [-0.1, -0.05) is 36.4 Å². The van der Waals surface area contributed by atoms with Crippen molar-refractivity contribution in [2.45, 2.75) is 18.0 Å². The van der Waals surface area contributed by atoms with Crippen LogP contribution in [0.4, 0.5) is 18.9 Å². The highest BCUT2D eigenvalue weighted by molar-refractivity contribution is 7.98. The molecular weight excluding hydrogens is 393 g/mol. The molecule has 0 spiro atoms. The molecule has 8 heteroatoms. The molecule has 0 atom stereocenters. The van der Waals surface area contributed by atoms with Crippen LogP contribution in [0.2, 0.25) is 0 Å². The van der Waals surface area contributed by atoms with Crippen LogP contribution in [0.1, 0.15) is 20.4 Å². The van der Waals surface area contributed by atoms with Crippen LogP contribution >= 0.6 is 23.1 Å². The van der Waals surface area contributed by atoms with Gasteiger partial charge in [0.2, 0.25) is 0 Å². The van der Waals surface area contributed by atoms with E-state index in [0.29, 0.717) is 5.69 Å². The Balaban J connectivity index is 2.00. The molecule has 27 heavy (non-hydrogen) atoms. The van der Waals surface area contributed by atoms with E-state index in [2.05, 4.69) is 10.3 Å². The number of hydrogen-bond acceptors (Lipinski definition) is 4. The lowest BCUT2D eigenvalue weighted by molar-refractivity contribution is -0.141. The Morgan fingerprint density at radius 1 is 1.07 bits per heavy atom. The van der Waals surface area contributed by atoms with Gasteiger partial charge in [0.1, 0.15) is 4.88 Å². The molecule has 0 aliphatic rings. The van der Waals surface area contributed by atoms with Gasteiger partial charge in [0.15, 0.2) is 5.69 Å². The van der Waals surface area contributed by atoms with Gasteiger partial charge in [-0.15, -0.1) is 23.1 Å². The highest BCUT2D eigenvalue weighted by atomic mass is 32.2. The molecule has 3 nitrogen and oxygen atoms in total. The number of nitrogens with one attached hydrogen (secondary N) is 1. The number of aryl methyl sites for hydroxylation is 1. The molecule has 0 saturated carbocycles. The highest BCUT2D eigenvalue weighted by Gasteiger charge is 2.39. The van der Waals surface area contributed by atoms with Gasteiger partial charge in [-0.3, -0.25) is 4.79 Å². The zero-order chi connectivity index (χ0) is 19.6. The van der Waals surface area contributed by atoms with Crippen molar-refractivity contribution in [1.29, 1.82) is 0 Å². The van der Waals surface area contributed by atoms with Crippen LogP contribution in [0.15, 0.2) is 53.4 Å². The number of alkyl halides is 3. The molecular formula is C19H15F3N2OS2. The van der Waals surface area contributed by atoms with Gasteiger partial charge in [0.25, 0.3) is 5.91 Å². The number of aromatic nitrogens is 1. The Morgan fingerprint density at radius 2 is 1.70 bits per heavy atom. The first-order chi connectivity index (χ1) is 12.8. The van der Waals surface area contributed by atoms with Crippen molar-refractivity contribution >= 4 is 34.7 Å². The lowest BCUT2D eigenvalue weighted by Gasteiger charge is -2.14. The molecule has 2 aromatic carbocycles. The summed E-state index contributed by atoms with van der Waals surface area (Å²) in [4.78, 5) is 16.6. The van der Waals surface area contributed by atoms with E-state index in [1.165, 1.54) is 6.92 Å². The van der Waals surface area contributed by atoms with E-state index in [0.717, 1.165) is 27.4 Å². The topological polar surface area (TPSA) is 42.0 Å². The third-order valence-electron chi connectivity index (χ3n) is 3.78. The average Bonchev–Trinajstić information content (AvgIpc) is 3.04. The number of carbonyl (C=O) groups excluding carboxylic acids is 1. The van der Waals surface area contributed by atoms with Gasteiger partial charge in [0.05, 0.1) is 5.01 Å². The first kappa shape index (κ1) is 19.4. The van der Waals surface area contributed by atoms with Crippen LogP contribution in [0, 0.1) is 6.92 Å². The number of para-hydroxylation sites is 1. The maximum atomic E-state index is 13.2. The molecule has 0 fully saturated rings. The van der Waals surface area contributed by atoms with Gasteiger partial charge >= 0.3 is 6.18 Å². The predicted molar refractivity (Wildman–Crippen MR) is 103 cm³/mol. The number of benzene rings is 2. The van der Waals surface area contributed by atoms with Gasteiger partial charge < -0.3 is 5.32 Å².